The van der Waals surface area contributed by atoms with Gasteiger partial charge in [0, 0.05) is 9.50 Å². The molecular formula is C13H9BrCl2N2O. The number of para-hydroxylation sites is 1. The topological polar surface area (TPSA) is 41.1 Å². The van der Waals surface area contributed by atoms with Crippen molar-refractivity contribution in [3.8, 4) is 0 Å². The predicted octanol–water partition coefficient (Wildman–Crippen LogP) is 5.40. The summed E-state index contributed by atoms with van der Waals surface area (Å²) in [6.07, 6.45) is 0. The number of hydrogen-bond donors (Lipinski definition) is 2. The smallest absolute Gasteiger partial charge is 0.307 e. The van der Waals surface area contributed by atoms with Crippen LogP contribution in [0.5, 0.6) is 0 Å². The summed E-state index contributed by atoms with van der Waals surface area (Å²) in [7, 11) is 0. The normalized spacial score (nSPS) is 10.1. The van der Waals surface area contributed by atoms with Crippen LogP contribution < -0.4 is 10.6 Å². The Balaban J connectivity index is 2.10. The van der Waals surface area contributed by atoms with Gasteiger partial charge in [-0.15, -0.1) is 0 Å². The summed E-state index contributed by atoms with van der Waals surface area (Å²) >= 11 is 15.2. The molecule has 2 aromatic rings. The monoisotopic (exact) mass is 358 g/mol. The average Bonchev–Trinajstić information content (AvgIpc) is 2.37. The highest BCUT2D eigenvalue weighted by atomic mass is 79.9. The SMILES string of the molecule is O=C(Nc1cc(Cl)ccc1Cl)Nc1ccccc1Br. The number of carbonyl (C=O) groups is 1. The molecule has 98 valence electrons. The van der Waals surface area contributed by atoms with Gasteiger partial charge in [0.15, 0.2) is 0 Å². The van der Waals surface area contributed by atoms with Crippen molar-refractivity contribution >= 4 is 56.5 Å². The minimum Gasteiger partial charge on any atom is -0.307 e. The molecule has 2 rings (SSSR count). The summed E-state index contributed by atoms with van der Waals surface area (Å²) in [6.45, 7) is 0. The second-order valence-electron chi connectivity index (χ2n) is 3.68. The number of amides is 2. The third kappa shape index (κ3) is 3.86. The Kier molecular flexibility index (Phi) is 4.69. The molecule has 6 heteroatoms. The van der Waals surface area contributed by atoms with Crippen molar-refractivity contribution in [2.24, 2.45) is 0 Å². The first-order valence-electron chi connectivity index (χ1n) is 5.34. The zero-order valence-corrected chi connectivity index (χ0v) is 12.7. The summed E-state index contributed by atoms with van der Waals surface area (Å²) in [6, 6.07) is 11.8. The molecule has 0 aliphatic rings. The molecule has 3 nitrogen and oxygen atoms in total. The summed E-state index contributed by atoms with van der Waals surface area (Å²) in [5, 5.41) is 6.27. The number of urea groups is 1. The van der Waals surface area contributed by atoms with E-state index in [2.05, 4.69) is 26.6 Å². The third-order valence-corrected chi connectivity index (χ3v) is 3.55. The van der Waals surface area contributed by atoms with Gasteiger partial charge in [-0.25, -0.2) is 4.79 Å². The van der Waals surface area contributed by atoms with Crippen molar-refractivity contribution in [3.05, 3.63) is 57.0 Å². The number of halogens is 3. The number of carbonyl (C=O) groups excluding carboxylic acids is 1. The summed E-state index contributed by atoms with van der Waals surface area (Å²) in [4.78, 5) is 11.9. The Labute approximate surface area is 129 Å². The van der Waals surface area contributed by atoms with Gasteiger partial charge in [-0.05, 0) is 46.3 Å². The van der Waals surface area contributed by atoms with Crippen molar-refractivity contribution in [3.63, 3.8) is 0 Å². The lowest BCUT2D eigenvalue weighted by atomic mass is 10.3. The van der Waals surface area contributed by atoms with E-state index < -0.39 is 6.03 Å². The van der Waals surface area contributed by atoms with Crippen LogP contribution in [0, 0.1) is 0 Å². The van der Waals surface area contributed by atoms with Gasteiger partial charge in [0.05, 0.1) is 16.4 Å². The summed E-state index contributed by atoms with van der Waals surface area (Å²) in [5.41, 5.74) is 1.12. The number of rotatable bonds is 2. The van der Waals surface area contributed by atoms with Gasteiger partial charge in [-0.1, -0.05) is 35.3 Å². The van der Waals surface area contributed by atoms with Crippen LogP contribution in [-0.4, -0.2) is 6.03 Å². The minimum absolute atomic E-state index is 0.393. The maximum Gasteiger partial charge on any atom is 0.323 e. The molecule has 0 saturated carbocycles. The van der Waals surface area contributed by atoms with Crippen LogP contribution in [-0.2, 0) is 0 Å². The van der Waals surface area contributed by atoms with Crippen LogP contribution in [0.1, 0.15) is 0 Å². The summed E-state index contributed by atoms with van der Waals surface area (Å²) in [5.74, 6) is 0. The van der Waals surface area contributed by atoms with Crippen LogP contribution in [0.25, 0.3) is 0 Å². The van der Waals surface area contributed by atoms with Gasteiger partial charge in [-0.3, -0.25) is 0 Å². The zero-order chi connectivity index (χ0) is 13.8. The van der Waals surface area contributed by atoms with Gasteiger partial charge in [-0.2, -0.15) is 0 Å². The molecule has 2 N–H and O–H groups in total. The number of benzene rings is 2. The third-order valence-electron chi connectivity index (χ3n) is 2.30. The fourth-order valence-corrected chi connectivity index (χ4v) is 2.15. The first-order chi connectivity index (χ1) is 9.06. The molecule has 0 heterocycles. The lowest BCUT2D eigenvalue weighted by molar-refractivity contribution is 0.262. The number of anilines is 2. The fraction of sp³-hybridized carbons (Fsp3) is 0. The Bertz CT molecular complexity index is 619. The van der Waals surface area contributed by atoms with E-state index in [4.69, 9.17) is 23.2 Å². The van der Waals surface area contributed by atoms with Crippen LogP contribution >= 0.6 is 39.1 Å². The minimum atomic E-state index is -0.393. The zero-order valence-electron chi connectivity index (χ0n) is 9.58. The Morgan fingerprint density at radius 3 is 2.42 bits per heavy atom. The van der Waals surface area contributed by atoms with Crippen LogP contribution in [0.15, 0.2) is 46.9 Å². The van der Waals surface area contributed by atoms with E-state index in [0.29, 0.717) is 21.4 Å². The van der Waals surface area contributed by atoms with E-state index in [0.717, 1.165) is 4.47 Å². The molecule has 0 saturated heterocycles. The quantitative estimate of drug-likeness (QED) is 0.740. The second kappa shape index (κ2) is 6.28. The van der Waals surface area contributed by atoms with Gasteiger partial charge < -0.3 is 10.6 Å². The highest BCUT2D eigenvalue weighted by Crippen LogP contribution is 2.26. The average molecular weight is 360 g/mol. The van der Waals surface area contributed by atoms with Crippen molar-refractivity contribution in [1.29, 1.82) is 0 Å². The standard InChI is InChI=1S/C13H9BrCl2N2O/c14-9-3-1-2-4-11(9)17-13(19)18-12-7-8(15)5-6-10(12)16/h1-7H,(H2,17,18,19). The Morgan fingerprint density at radius 1 is 1.00 bits per heavy atom. The molecule has 0 aromatic heterocycles. The van der Waals surface area contributed by atoms with Gasteiger partial charge >= 0.3 is 6.03 Å². The van der Waals surface area contributed by atoms with Crippen molar-refractivity contribution < 1.29 is 4.79 Å². The van der Waals surface area contributed by atoms with E-state index in [1.807, 2.05) is 18.2 Å². The van der Waals surface area contributed by atoms with E-state index in [9.17, 15) is 4.79 Å². The molecule has 0 fully saturated rings. The maximum atomic E-state index is 11.9. The molecule has 0 bridgehead atoms. The van der Waals surface area contributed by atoms with Crippen LogP contribution in [0.4, 0.5) is 16.2 Å². The van der Waals surface area contributed by atoms with Crippen molar-refractivity contribution in [2.45, 2.75) is 0 Å². The van der Waals surface area contributed by atoms with Gasteiger partial charge in [0.1, 0.15) is 0 Å². The van der Waals surface area contributed by atoms with Crippen molar-refractivity contribution in [2.75, 3.05) is 10.6 Å². The molecule has 0 unspecified atom stereocenters. The molecule has 0 spiro atoms. The predicted molar refractivity (Wildman–Crippen MR) is 83.2 cm³/mol. The summed E-state index contributed by atoms with van der Waals surface area (Å²) < 4.78 is 0.794. The molecular weight excluding hydrogens is 351 g/mol. The maximum absolute atomic E-state index is 11.9. The van der Waals surface area contributed by atoms with E-state index in [1.165, 1.54) is 0 Å². The molecule has 0 aliphatic heterocycles. The van der Waals surface area contributed by atoms with E-state index in [-0.39, 0.29) is 0 Å². The van der Waals surface area contributed by atoms with Gasteiger partial charge in [0.2, 0.25) is 0 Å². The van der Waals surface area contributed by atoms with Crippen LogP contribution in [0.3, 0.4) is 0 Å². The largest absolute Gasteiger partial charge is 0.323 e. The molecule has 0 aliphatic carbocycles. The Hall–Kier alpha value is -1.23. The number of nitrogens with one attached hydrogen (secondary N) is 2. The molecule has 0 radical (unpaired) electrons. The van der Waals surface area contributed by atoms with E-state index >= 15 is 0 Å². The molecule has 2 amide bonds. The molecule has 2 aromatic carbocycles. The van der Waals surface area contributed by atoms with Crippen LogP contribution in [0.2, 0.25) is 10.0 Å². The highest BCUT2D eigenvalue weighted by Gasteiger charge is 2.08. The first-order valence-corrected chi connectivity index (χ1v) is 6.89. The fourth-order valence-electron chi connectivity index (χ4n) is 1.43. The second-order valence-corrected chi connectivity index (χ2v) is 5.38. The van der Waals surface area contributed by atoms with Crippen molar-refractivity contribution in [1.82, 2.24) is 0 Å². The lowest BCUT2D eigenvalue weighted by Gasteiger charge is -2.10. The molecule has 0 atom stereocenters. The first kappa shape index (κ1) is 14.2. The highest BCUT2D eigenvalue weighted by molar-refractivity contribution is 9.10. The van der Waals surface area contributed by atoms with E-state index in [1.54, 1.807) is 24.3 Å². The van der Waals surface area contributed by atoms with Gasteiger partial charge in [0.25, 0.3) is 0 Å². The molecule has 19 heavy (non-hydrogen) atoms. The Morgan fingerprint density at radius 2 is 1.68 bits per heavy atom. The lowest BCUT2D eigenvalue weighted by Crippen LogP contribution is -2.19. The number of hydrogen-bond acceptors (Lipinski definition) is 1.